The average Bonchev–Trinajstić information content (AvgIpc) is 2.23. The van der Waals surface area contributed by atoms with E-state index in [1.54, 1.807) is 13.0 Å². The van der Waals surface area contributed by atoms with Gasteiger partial charge in [-0.2, -0.15) is 0 Å². The molecule has 1 aliphatic rings. The van der Waals surface area contributed by atoms with Gasteiger partial charge in [0.15, 0.2) is 0 Å². The Kier molecular flexibility index (Phi) is 2.55. The highest BCUT2D eigenvalue weighted by atomic mass is 16.6. The molecule has 0 aliphatic carbocycles. The van der Waals surface area contributed by atoms with Crippen LogP contribution in [-0.4, -0.2) is 11.5 Å². The largest absolute Gasteiger partial charge is 0.493 e. The molecule has 0 bridgehead atoms. The Morgan fingerprint density at radius 2 is 2.19 bits per heavy atom. The molecule has 86 valence electrons. The lowest BCUT2D eigenvalue weighted by Gasteiger charge is -2.25. The second kappa shape index (κ2) is 3.75. The first-order valence-electron chi connectivity index (χ1n) is 5.19. The fourth-order valence-corrected chi connectivity index (χ4v) is 2.00. The van der Waals surface area contributed by atoms with Crippen LogP contribution in [-0.2, 0) is 0 Å². The van der Waals surface area contributed by atoms with E-state index in [0.29, 0.717) is 18.6 Å². The summed E-state index contributed by atoms with van der Waals surface area (Å²) in [7, 11) is 0. The number of nitro benzene ring substituents is 1. The van der Waals surface area contributed by atoms with Gasteiger partial charge in [-0.3, -0.25) is 10.1 Å². The molecule has 0 aromatic heterocycles. The first-order chi connectivity index (χ1) is 7.52. The molecule has 5 nitrogen and oxygen atoms in total. The molecule has 1 atom stereocenters. The normalized spacial score (nSPS) is 18.8. The zero-order valence-electron chi connectivity index (χ0n) is 9.32. The lowest BCUT2D eigenvalue weighted by molar-refractivity contribution is -0.385. The van der Waals surface area contributed by atoms with Crippen molar-refractivity contribution in [2.75, 3.05) is 6.61 Å². The van der Waals surface area contributed by atoms with E-state index in [9.17, 15) is 10.1 Å². The van der Waals surface area contributed by atoms with Crippen molar-refractivity contribution in [1.82, 2.24) is 0 Å². The maximum atomic E-state index is 10.9. The summed E-state index contributed by atoms with van der Waals surface area (Å²) in [5.41, 5.74) is 8.27. The highest BCUT2D eigenvalue weighted by Crippen LogP contribution is 2.39. The highest BCUT2D eigenvalue weighted by Gasteiger charge is 2.26. The molecule has 5 heteroatoms. The Hall–Kier alpha value is -1.62. The Bertz CT molecular complexity index is 457. The van der Waals surface area contributed by atoms with Gasteiger partial charge in [-0.05, 0) is 13.8 Å². The van der Waals surface area contributed by atoms with Gasteiger partial charge in [0.2, 0.25) is 0 Å². The summed E-state index contributed by atoms with van der Waals surface area (Å²) in [5.74, 6) is 0.724. The van der Waals surface area contributed by atoms with Gasteiger partial charge >= 0.3 is 0 Å². The minimum atomic E-state index is -0.371. The SMILES string of the molecule is Cc1c([N+](=O)[O-])cc2c(c1C)OCC[C@H]2N. The Morgan fingerprint density at radius 1 is 1.50 bits per heavy atom. The van der Waals surface area contributed by atoms with Crippen molar-refractivity contribution in [2.24, 2.45) is 5.73 Å². The van der Waals surface area contributed by atoms with Gasteiger partial charge in [-0.15, -0.1) is 0 Å². The molecule has 1 aliphatic heterocycles. The minimum Gasteiger partial charge on any atom is -0.493 e. The summed E-state index contributed by atoms with van der Waals surface area (Å²) >= 11 is 0. The van der Waals surface area contributed by atoms with E-state index >= 15 is 0 Å². The standard InChI is InChI=1S/C11H14N2O3/c1-6-7(2)11-8(5-10(6)13(14)15)9(12)3-4-16-11/h5,9H,3-4,12H2,1-2H3/t9-/m1/s1. The zero-order valence-corrected chi connectivity index (χ0v) is 9.32. The molecule has 0 radical (unpaired) electrons. The number of ether oxygens (including phenoxy) is 1. The minimum absolute atomic E-state index is 0.122. The van der Waals surface area contributed by atoms with Crippen LogP contribution in [0.2, 0.25) is 0 Å². The van der Waals surface area contributed by atoms with Gasteiger partial charge in [-0.1, -0.05) is 0 Å². The van der Waals surface area contributed by atoms with Gasteiger partial charge in [0.1, 0.15) is 5.75 Å². The number of hydrogen-bond donors (Lipinski definition) is 1. The van der Waals surface area contributed by atoms with Crippen molar-refractivity contribution in [2.45, 2.75) is 26.3 Å². The fraction of sp³-hybridized carbons (Fsp3) is 0.455. The molecule has 1 aromatic carbocycles. The summed E-state index contributed by atoms with van der Waals surface area (Å²) in [4.78, 5) is 10.5. The molecule has 1 heterocycles. The predicted molar refractivity (Wildman–Crippen MR) is 59.6 cm³/mol. The first kappa shape index (κ1) is 10.9. The maximum absolute atomic E-state index is 10.9. The number of hydrogen-bond acceptors (Lipinski definition) is 4. The Balaban J connectivity index is 2.67. The summed E-state index contributed by atoms with van der Waals surface area (Å²) in [6.45, 7) is 4.14. The first-order valence-corrected chi connectivity index (χ1v) is 5.19. The Labute approximate surface area is 93.4 Å². The van der Waals surface area contributed by atoms with Gasteiger partial charge in [0, 0.05) is 35.2 Å². The molecular weight excluding hydrogens is 208 g/mol. The predicted octanol–water partition coefficient (Wildman–Crippen LogP) is 1.99. The zero-order chi connectivity index (χ0) is 11.9. The number of nitro groups is 1. The number of benzene rings is 1. The number of nitrogens with zero attached hydrogens (tertiary/aromatic N) is 1. The van der Waals surface area contributed by atoms with Gasteiger partial charge in [0.25, 0.3) is 5.69 Å². The number of nitrogens with two attached hydrogens (primary N) is 1. The van der Waals surface area contributed by atoms with Gasteiger partial charge in [0.05, 0.1) is 11.5 Å². The van der Waals surface area contributed by atoms with Gasteiger partial charge in [-0.25, -0.2) is 0 Å². The van der Waals surface area contributed by atoms with E-state index in [1.807, 2.05) is 6.92 Å². The van der Waals surface area contributed by atoms with Crippen LogP contribution >= 0.6 is 0 Å². The quantitative estimate of drug-likeness (QED) is 0.582. The molecule has 0 saturated carbocycles. The highest BCUT2D eigenvalue weighted by molar-refractivity contribution is 5.57. The second-order valence-corrected chi connectivity index (χ2v) is 4.06. The molecular formula is C11H14N2O3. The number of fused-ring (bicyclic) bond motifs is 1. The van der Waals surface area contributed by atoms with E-state index in [0.717, 1.165) is 16.9 Å². The van der Waals surface area contributed by atoms with Crippen molar-refractivity contribution in [1.29, 1.82) is 0 Å². The summed E-state index contributed by atoms with van der Waals surface area (Å²) in [6.07, 6.45) is 0.701. The van der Waals surface area contributed by atoms with Crippen LogP contribution in [0.25, 0.3) is 0 Å². The summed E-state index contributed by atoms with van der Waals surface area (Å²) in [5, 5.41) is 10.9. The molecule has 1 aromatic rings. The third kappa shape index (κ3) is 1.53. The van der Waals surface area contributed by atoms with Crippen LogP contribution in [0.4, 0.5) is 5.69 Å². The third-order valence-corrected chi connectivity index (χ3v) is 3.11. The van der Waals surface area contributed by atoms with Crippen LogP contribution in [0.5, 0.6) is 5.75 Å². The molecule has 0 fully saturated rings. The van der Waals surface area contributed by atoms with Crippen molar-refractivity contribution in [3.05, 3.63) is 32.9 Å². The van der Waals surface area contributed by atoms with Crippen LogP contribution in [0.1, 0.15) is 29.2 Å². The van der Waals surface area contributed by atoms with Crippen molar-refractivity contribution >= 4 is 5.69 Å². The average molecular weight is 222 g/mol. The molecule has 0 spiro atoms. The van der Waals surface area contributed by atoms with Crippen LogP contribution in [0.15, 0.2) is 6.07 Å². The molecule has 0 amide bonds. The van der Waals surface area contributed by atoms with Crippen molar-refractivity contribution < 1.29 is 9.66 Å². The molecule has 0 saturated heterocycles. The van der Waals surface area contributed by atoms with E-state index in [2.05, 4.69) is 0 Å². The summed E-state index contributed by atoms with van der Waals surface area (Å²) in [6, 6.07) is 1.38. The van der Waals surface area contributed by atoms with Crippen molar-refractivity contribution in [3.63, 3.8) is 0 Å². The van der Waals surface area contributed by atoms with Crippen LogP contribution in [0.3, 0.4) is 0 Å². The van der Waals surface area contributed by atoms with Crippen molar-refractivity contribution in [3.8, 4) is 5.75 Å². The van der Waals surface area contributed by atoms with E-state index in [4.69, 9.17) is 10.5 Å². The number of rotatable bonds is 1. The van der Waals surface area contributed by atoms with E-state index < -0.39 is 0 Å². The summed E-state index contributed by atoms with van der Waals surface area (Å²) < 4.78 is 5.54. The van der Waals surface area contributed by atoms with E-state index in [-0.39, 0.29) is 16.7 Å². The molecule has 2 N–H and O–H groups in total. The molecule has 16 heavy (non-hydrogen) atoms. The molecule has 0 unspecified atom stereocenters. The van der Waals surface area contributed by atoms with Gasteiger partial charge < -0.3 is 10.5 Å². The van der Waals surface area contributed by atoms with E-state index in [1.165, 1.54) is 0 Å². The fourth-order valence-electron chi connectivity index (χ4n) is 2.00. The lowest BCUT2D eigenvalue weighted by Crippen LogP contribution is -2.21. The smallest absolute Gasteiger partial charge is 0.273 e. The topological polar surface area (TPSA) is 78.4 Å². The van der Waals surface area contributed by atoms with Crippen LogP contribution < -0.4 is 10.5 Å². The lowest BCUT2D eigenvalue weighted by atomic mass is 9.95. The van der Waals surface area contributed by atoms with Crippen LogP contribution in [0, 0.1) is 24.0 Å². The molecule has 2 rings (SSSR count). The maximum Gasteiger partial charge on any atom is 0.273 e. The Morgan fingerprint density at radius 3 is 2.81 bits per heavy atom. The third-order valence-electron chi connectivity index (χ3n) is 3.11. The monoisotopic (exact) mass is 222 g/mol. The second-order valence-electron chi connectivity index (χ2n) is 4.06.